The van der Waals surface area contributed by atoms with Gasteiger partial charge in [0.2, 0.25) is 5.82 Å². The summed E-state index contributed by atoms with van der Waals surface area (Å²) in [7, 11) is 0. The second kappa shape index (κ2) is 6.99. The van der Waals surface area contributed by atoms with Gasteiger partial charge in [0.05, 0.1) is 11.4 Å². The van der Waals surface area contributed by atoms with Gasteiger partial charge in [-0.05, 0) is 26.0 Å². The molecule has 0 fully saturated rings. The van der Waals surface area contributed by atoms with Crippen molar-refractivity contribution < 1.29 is 22.5 Å². The van der Waals surface area contributed by atoms with Crippen molar-refractivity contribution in [1.29, 1.82) is 0 Å². The number of halogens is 3. The lowest BCUT2D eigenvalue weighted by molar-refractivity contribution is -0.159. The minimum absolute atomic E-state index is 0.116. The Morgan fingerprint density at radius 2 is 2.13 bits per heavy atom. The summed E-state index contributed by atoms with van der Waals surface area (Å²) in [4.78, 5) is 18.0. The third-order valence-electron chi connectivity index (χ3n) is 2.89. The molecule has 23 heavy (non-hydrogen) atoms. The van der Waals surface area contributed by atoms with Crippen molar-refractivity contribution in [2.24, 2.45) is 0 Å². The van der Waals surface area contributed by atoms with Crippen LogP contribution in [0.25, 0.3) is 10.7 Å². The van der Waals surface area contributed by atoms with E-state index in [2.05, 4.69) is 20.0 Å². The van der Waals surface area contributed by atoms with Gasteiger partial charge >= 0.3 is 18.1 Å². The molecule has 0 aromatic carbocycles. The minimum atomic E-state index is -4.66. The largest absolute Gasteiger partial charge is 0.471 e. The van der Waals surface area contributed by atoms with Crippen LogP contribution in [0.5, 0.6) is 0 Å². The number of carbonyl (C=O) groups excluding carboxylic acids is 1. The number of aromatic nitrogens is 2. The first-order valence-electron chi connectivity index (χ1n) is 6.87. The highest BCUT2D eigenvalue weighted by atomic mass is 32.1. The number of hydrogen-bond acceptors (Lipinski definition) is 5. The van der Waals surface area contributed by atoms with Crippen molar-refractivity contribution in [3.05, 3.63) is 22.9 Å². The SMILES string of the molecule is CCNC(=O)N(CC)Cc1ccc(-c2noc(C(F)(F)F)n2)s1. The first kappa shape index (κ1) is 17.3. The van der Waals surface area contributed by atoms with Crippen LogP contribution in [0.2, 0.25) is 0 Å². The Labute approximate surface area is 134 Å². The molecule has 0 bridgehead atoms. The van der Waals surface area contributed by atoms with E-state index in [4.69, 9.17) is 0 Å². The normalized spacial score (nSPS) is 11.5. The lowest BCUT2D eigenvalue weighted by atomic mass is 10.4. The Morgan fingerprint density at radius 1 is 1.39 bits per heavy atom. The van der Waals surface area contributed by atoms with Crippen molar-refractivity contribution in [1.82, 2.24) is 20.4 Å². The summed E-state index contributed by atoms with van der Waals surface area (Å²) < 4.78 is 41.6. The summed E-state index contributed by atoms with van der Waals surface area (Å²) in [5.74, 6) is -1.49. The molecule has 2 heterocycles. The van der Waals surface area contributed by atoms with Gasteiger partial charge in [-0.15, -0.1) is 11.3 Å². The maximum atomic E-state index is 12.5. The fourth-order valence-electron chi connectivity index (χ4n) is 1.80. The highest BCUT2D eigenvalue weighted by Gasteiger charge is 2.38. The van der Waals surface area contributed by atoms with E-state index in [1.165, 1.54) is 11.3 Å². The van der Waals surface area contributed by atoms with Gasteiger partial charge in [-0.3, -0.25) is 0 Å². The van der Waals surface area contributed by atoms with Gasteiger partial charge < -0.3 is 14.7 Å². The van der Waals surface area contributed by atoms with Crippen molar-refractivity contribution in [3.63, 3.8) is 0 Å². The van der Waals surface area contributed by atoms with Crippen LogP contribution in [-0.4, -0.2) is 34.2 Å². The molecular formula is C13H15F3N4O2S. The standard InChI is InChI=1S/C13H15F3N4O2S/c1-3-17-12(21)20(4-2)7-8-5-6-9(23-8)10-18-11(22-19-10)13(14,15)16/h5-6H,3-4,7H2,1-2H3,(H,17,21). The second-order valence-corrected chi connectivity index (χ2v) is 5.70. The number of nitrogens with one attached hydrogen (secondary N) is 1. The molecule has 0 saturated carbocycles. The molecule has 2 aromatic heterocycles. The average molecular weight is 348 g/mol. The van der Waals surface area contributed by atoms with Crippen LogP contribution >= 0.6 is 11.3 Å². The molecule has 0 atom stereocenters. The Morgan fingerprint density at radius 3 is 2.70 bits per heavy atom. The third kappa shape index (κ3) is 4.21. The Kier molecular flexibility index (Phi) is 5.24. The lowest BCUT2D eigenvalue weighted by Gasteiger charge is -2.20. The number of alkyl halides is 3. The van der Waals surface area contributed by atoms with Crippen LogP contribution in [0.15, 0.2) is 16.7 Å². The predicted octanol–water partition coefficient (Wildman–Crippen LogP) is 3.37. The van der Waals surface area contributed by atoms with Gasteiger partial charge in [-0.2, -0.15) is 18.2 Å². The maximum Gasteiger partial charge on any atom is 0.471 e. The summed E-state index contributed by atoms with van der Waals surface area (Å²) in [6.07, 6.45) is -4.66. The Balaban J connectivity index is 2.11. The predicted molar refractivity (Wildman–Crippen MR) is 77.8 cm³/mol. The van der Waals surface area contributed by atoms with E-state index < -0.39 is 12.1 Å². The molecule has 0 aliphatic heterocycles. The van der Waals surface area contributed by atoms with E-state index >= 15 is 0 Å². The van der Waals surface area contributed by atoms with E-state index in [1.54, 1.807) is 17.0 Å². The smallest absolute Gasteiger partial charge is 0.338 e. The van der Waals surface area contributed by atoms with Crippen molar-refractivity contribution in [3.8, 4) is 10.7 Å². The molecule has 2 rings (SSSR count). The van der Waals surface area contributed by atoms with E-state index in [0.717, 1.165) is 4.88 Å². The van der Waals surface area contributed by atoms with E-state index in [1.807, 2.05) is 13.8 Å². The summed E-state index contributed by atoms with van der Waals surface area (Å²) >= 11 is 1.22. The molecule has 0 unspecified atom stereocenters. The van der Waals surface area contributed by atoms with Gasteiger partial charge in [0, 0.05) is 18.0 Å². The Bertz CT molecular complexity index is 668. The summed E-state index contributed by atoms with van der Waals surface area (Å²) in [6, 6.07) is 3.14. The Hall–Kier alpha value is -2.10. The molecule has 0 aliphatic carbocycles. The lowest BCUT2D eigenvalue weighted by Crippen LogP contribution is -2.39. The maximum absolute atomic E-state index is 12.5. The molecule has 0 spiro atoms. The minimum Gasteiger partial charge on any atom is -0.338 e. The van der Waals surface area contributed by atoms with Crippen molar-refractivity contribution in [2.75, 3.05) is 13.1 Å². The van der Waals surface area contributed by atoms with E-state index in [9.17, 15) is 18.0 Å². The second-order valence-electron chi connectivity index (χ2n) is 4.54. The van der Waals surface area contributed by atoms with Crippen LogP contribution in [0.3, 0.4) is 0 Å². The number of thiophene rings is 1. The number of nitrogens with zero attached hydrogens (tertiary/aromatic N) is 3. The fraction of sp³-hybridized carbons (Fsp3) is 0.462. The van der Waals surface area contributed by atoms with E-state index in [-0.39, 0.29) is 11.9 Å². The molecule has 2 aromatic rings. The highest BCUT2D eigenvalue weighted by molar-refractivity contribution is 7.15. The summed E-state index contributed by atoms with van der Waals surface area (Å²) in [6.45, 7) is 5.06. The fourth-order valence-corrected chi connectivity index (χ4v) is 2.75. The monoisotopic (exact) mass is 348 g/mol. The summed E-state index contributed by atoms with van der Waals surface area (Å²) in [5.41, 5.74) is 0. The van der Waals surface area contributed by atoms with Crippen molar-refractivity contribution >= 4 is 17.4 Å². The molecule has 0 saturated heterocycles. The molecule has 1 N–H and O–H groups in total. The van der Waals surface area contributed by atoms with Gasteiger partial charge in [0.15, 0.2) is 0 Å². The molecule has 0 radical (unpaired) electrons. The average Bonchev–Trinajstić information content (AvgIpc) is 3.13. The van der Waals surface area contributed by atoms with Crippen LogP contribution in [0, 0.1) is 0 Å². The summed E-state index contributed by atoms with van der Waals surface area (Å²) in [5, 5.41) is 6.04. The number of rotatable bonds is 5. The van der Waals surface area contributed by atoms with E-state index in [0.29, 0.717) is 24.5 Å². The number of amides is 2. The molecule has 126 valence electrons. The zero-order valence-electron chi connectivity index (χ0n) is 12.5. The van der Waals surface area contributed by atoms with Crippen LogP contribution < -0.4 is 5.32 Å². The highest BCUT2D eigenvalue weighted by Crippen LogP contribution is 2.31. The number of urea groups is 1. The van der Waals surface area contributed by atoms with Crippen molar-refractivity contribution in [2.45, 2.75) is 26.6 Å². The number of hydrogen-bond donors (Lipinski definition) is 1. The number of carbonyl (C=O) groups is 1. The molecule has 0 aliphatic rings. The third-order valence-corrected chi connectivity index (χ3v) is 3.96. The van der Waals surface area contributed by atoms with Gasteiger partial charge in [0.1, 0.15) is 0 Å². The molecule has 2 amide bonds. The zero-order valence-corrected chi connectivity index (χ0v) is 13.3. The molecule has 10 heteroatoms. The molecular weight excluding hydrogens is 333 g/mol. The van der Waals surface area contributed by atoms with Crippen LogP contribution in [0.4, 0.5) is 18.0 Å². The van der Waals surface area contributed by atoms with Gasteiger partial charge in [-0.1, -0.05) is 5.16 Å². The van der Waals surface area contributed by atoms with Crippen LogP contribution in [0.1, 0.15) is 24.6 Å². The first-order chi connectivity index (χ1) is 10.8. The quantitative estimate of drug-likeness (QED) is 0.899. The van der Waals surface area contributed by atoms with Gasteiger partial charge in [0.25, 0.3) is 0 Å². The van der Waals surface area contributed by atoms with Gasteiger partial charge in [-0.25, -0.2) is 4.79 Å². The zero-order chi connectivity index (χ0) is 17.0. The van der Waals surface area contributed by atoms with Crippen LogP contribution in [-0.2, 0) is 12.7 Å². The topological polar surface area (TPSA) is 71.3 Å². The molecule has 6 nitrogen and oxygen atoms in total. The first-order valence-corrected chi connectivity index (χ1v) is 7.69.